The van der Waals surface area contributed by atoms with Crippen LogP contribution in [0, 0.1) is 5.92 Å². The fraction of sp³-hybridized carbons (Fsp3) is 0.611. The van der Waals surface area contributed by atoms with Gasteiger partial charge in [-0.3, -0.25) is 4.79 Å². The number of amides is 1. The molecule has 1 aromatic carbocycles. The van der Waals surface area contributed by atoms with Crippen LogP contribution in [-0.2, 0) is 16.6 Å². The lowest BCUT2D eigenvalue weighted by Gasteiger charge is -2.22. The largest absolute Gasteiger partial charge is 0.508 e. The van der Waals surface area contributed by atoms with E-state index >= 15 is 0 Å². The van der Waals surface area contributed by atoms with Gasteiger partial charge in [-0.15, -0.1) is 0 Å². The summed E-state index contributed by atoms with van der Waals surface area (Å²) < 4.78 is 0. The third-order valence-electron chi connectivity index (χ3n) is 3.41. The predicted octanol–water partition coefficient (Wildman–Crippen LogP) is 3.78. The first-order valence-corrected chi connectivity index (χ1v) is 7.71. The molecule has 1 unspecified atom stereocenters. The molecule has 0 aromatic heterocycles. The first-order chi connectivity index (χ1) is 9.59. The summed E-state index contributed by atoms with van der Waals surface area (Å²) in [6, 6.07) is 5.81. The van der Waals surface area contributed by atoms with Crippen molar-refractivity contribution in [1.82, 2.24) is 5.32 Å². The first kappa shape index (κ1) is 17.5. The quantitative estimate of drug-likeness (QED) is 0.867. The molecule has 0 spiro atoms. The fourth-order valence-electron chi connectivity index (χ4n) is 2.42. The van der Waals surface area contributed by atoms with Crippen molar-refractivity contribution in [3.63, 3.8) is 0 Å². The molecule has 3 nitrogen and oxygen atoms in total. The molecule has 0 saturated heterocycles. The Kier molecular flexibility index (Phi) is 5.82. The standard InChI is InChI=1S/C18H29NO2/c1-12(2)9-17(21)19-13(3)10-14-7-8-16(20)15(11-14)18(4,5)6/h7-8,11-13,20H,9-10H2,1-6H3,(H,19,21). The van der Waals surface area contributed by atoms with Crippen molar-refractivity contribution in [2.24, 2.45) is 5.92 Å². The van der Waals surface area contributed by atoms with Crippen LogP contribution in [0.15, 0.2) is 18.2 Å². The van der Waals surface area contributed by atoms with E-state index in [0.717, 1.165) is 17.5 Å². The predicted molar refractivity (Wildman–Crippen MR) is 87.6 cm³/mol. The van der Waals surface area contributed by atoms with E-state index in [0.29, 0.717) is 18.1 Å². The molecule has 21 heavy (non-hydrogen) atoms. The van der Waals surface area contributed by atoms with Crippen molar-refractivity contribution in [3.05, 3.63) is 29.3 Å². The van der Waals surface area contributed by atoms with Crippen LogP contribution in [0.3, 0.4) is 0 Å². The number of phenols is 1. The molecule has 2 N–H and O–H groups in total. The summed E-state index contributed by atoms with van der Waals surface area (Å²) in [6.07, 6.45) is 1.33. The van der Waals surface area contributed by atoms with Crippen molar-refractivity contribution in [3.8, 4) is 5.75 Å². The molecule has 1 aromatic rings. The molecule has 0 saturated carbocycles. The van der Waals surface area contributed by atoms with Crippen LogP contribution in [0.25, 0.3) is 0 Å². The number of carbonyl (C=O) groups excluding carboxylic acids is 1. The van der Waals surface area contributed by atoms with E-state index < -0.39 is 0 Å². The average molecular weight is 291 g/mol. The Balaban J connectivity index is 2.73. The van der Waals surface area contributed by atoms with Crippen LogP contribution in [0.2, 0.25) is 0 Å². The van der Waals surface area contributed by atoms with Gasteiger partial charge in [0.2, 0.25) is 5.91 Å². The Labute approximate surface area is 128 Å². The number of benzene rings is 1. The lowest BCUT2D eigenvalue weighted by Crippen LogP contribution is -2.34. The van der Waals surface area contributed by atoms with Crippen LogP contribution >= 0.6 is 0 Å². The zero-order chi connectivity index (χ0) is 16.2. The fourth-order valence-corrected chi connectivity index (χ4v) is 2.42. The highest BCUT2D eigenvalue weighted by Crippen LogP contribution is 2.31. The smallest absolute Gasteiger partial charge is 0.220 e. The van der Waals surface area contributed by atoms with Crippen molar-refractivity contribution in [1.29, 1.82) is 0 Å². The number of rotatable bonds is 5. The molecule has 1 rings (SSSR count). The summed E-state index contributed by atoms with van der Waals surface area (Å²) in [5.41, 5.74) is 1.99. The van der Waals surface area contributed by atoms with Crippen molar-refractivity contribution in [2.45, 2.75) is 65.8 Å². The topological polar surface area (TPSA) is 49.3 Å². The summed E-state index contributed by atoms with van der Waals surface area (Å²) in [7, 11) is 0. The molecule has 1 amide bonds. The van der Waals surface area contributed by atoms with Crippen molar-refractivity contribution >= 4 is 5.91 Å². The maximum atomic E-state index is 11.8. The molecular weight excluding hydrogens is 262 g/mol. The molecule has 0 radical (unpaired) electrons. The van der Waals surface area contributed by atoms with Crippen LogP contribution in [0.4, 0.5) is 0 Å². The van der Waals surface area contributed by atoms with Gasteiger partial charge in [0.1, 0.15) is 5.75 Å². The van der Waals surface area contributed by atoms with E-state index in [1.54, 1.807) is 6.07 Å². The highest BCUT2D eigenvalue weighted by atomic mass is 16.3. The Hall–Kier alpha value is -1.51. The number of aromatic hydroxyl groups is 1. The summed E-state index contributed by atoms with van der Waals surface area (Å²) >= 11 is 0. The van der Waals surface area contributed by atoms with E-state index in [-0.39, 0.29) is 17.4 Å². The number of phenolic OH excluding ortho intramolecular Hbond substituents is 1. The minimum atomic E-state index is -0.0930. The minimum absolute atomic E-state index is 0.0913. The summed E-state index contributed by atoms with van der Waals surface area (Å²) in [4.78, 5) is 11.8. The molecular formula is C18H29NO2. The van der Waals surface area contributed by atoms with Gasteiger partial charge in [0.15, 0.2) is 0 Å². The average Bonchev–Trinajstić information content (AvgIpc) is 2.28. The van der Waals surface area contributed by atoms with E-state index in [1.165, 1.54) is 0 Å². The number of hydrogen-bond donors (Lipinski definition) is 2. The van der Waals surface area contributed by atoms with Gasteiger partial charge in [0, 0.05) is 12.5 Å². The Morgan fingerprint density at radius 1 is 1.24 bits per heavy atom. The molecule has 3 heteroatoms. The third kappa shape index (κ3) is 5.78. The molecule has 0 bridgehead atoms. The second-order valence-corrected chi connectivity index (χ2v) is 7.37. The maximum absolute atomic E-state index is 11.8. The highest BCUT2D eigenvalue weighted by Gasteiger charge is 2.19. The Morgan fingerprint density at radius 2 is 1.86 bits per heavy atom. The molecule has 0 fully saturated rings. The van der Waals surface area contributed by atoms with Gasteiger partial charge in [-0.05, 0) is 41.9 Å². The monoisotopic (exact) mass is 291 g/mol. The second-order valence-electron chi connectivity index (χ2n) is 7.37. The summed E-state index contributed by atoms with van der Waals surface area (Å²) in [6.45, 7) is 12.3. The van der Waals surface area contributed by atoms with E-state index in [1.807, 2.05) is 32.9 Å². The lowest BCUT2D eigenvalue weighted by atomic mass is 9.85. The third-order valence-corrected chi connectivity index (χ3v) is 3.41. The van der Waals surface area contributed by atoms with Gasteiger partial charge in [-0.1, -0.05) is 46.8 Å². The SMILES string of the molecule is CC(C)CC(=O)NC(C)Cc1ccc(O)c(C(C)(C)C)c1. The highest BCUT2D eigenvalue weighted by molar-refractivity contribution is 5.76. The van der Waals surface area contributed by atoms with Gasteiger partial charge in [-0.2, -0.15) is 0 Å². The first-order valence-electron chi connectivity index (χ1n) is 7.71. The van der Waals surface area contributed by atoms with Crippen LogP contribution < -0.4 is 5.32 Å². The van der Waals surface area contributed by atoms with Gasteiger partial charge in [0.25, 0.3) is 0 Å². The van der Waals surface area contributed by atoms with Crippen LogP contribution in [-0.4, -0.2) is 17.1 Å². The summed E-state index contributed by atoms with van der Waals surface area (Å²) in [5, 5.41) is 13.0. The number of carbonyl (C=O) groups is 1. The molecule has 0 aliphatic carbocycles. The molecule has 1 atom stereocenters. The lowest BCUT2D eigenvalue weighted by molar-refractivity contribution is -0.122. The van der Waals surface area contributed by atoms with E-state index in [9.17, 15) is 9.90 Å². The molecule has 0 aliphatic heterocycles. The second kappa shape index (κ2) is 6.97. The minimum Gasteiger partial charge on any atom is -0.508 e. The number of nitrogens with one attached hydrogen (secondary N) is 1. The molecule has 0 aliphatic rings. The number of hydrogen-bond acceptors (Lipinski definition) is 2. The van der Waals surface area contributed by atoms with E-state index in [2.05, 4.69) is 26.1 Å². The zero-order valence-corrected chi connectivity index (χ0v) is 14.2. The van der Waals surface area contributed by atoms with Crippen molar-refractivity contribution < 1.29 is 9.90 Å². The van der Waals surface area contributed by atoms with Crippen LogP contribution in [0.5, 0.6) is 5.75 Å². The maximum Gasteiger partial charge on any atom is 0.220 e. The summed E-state index contributed by atoms with van der Waals surface area (Å²) in [5.74, 6) is 0.813. The molecule has 118 valence electrons. The molecule has 0 heterocycles. The normalized spacial score (nSPS) is 13.3. The Bertz CT molecular complexity index is 486. The van der Waals surface area contributed by atoms with Gasteiger partial charge in [0.05, 0.1) is 0 Å². The zero-order valence-electron chi connectivity index (χ0n) is 14.2. The van der Waals surface area contributed by atoms with Crippen LogP contribution in [0.1, 0.15) is 59.1 Å². The van der Waals surface area contributed by atoms with Gasteiger partial charge < -0.3 is 10.4 Å². The van der Waals surface area contributed by atoms with Crippen molar-refractivity contribution in [2.75, 3.05) is 0 Å². The van der Waals surface area contributed by atoms with Gasteiger partial charge >= 0.3 is 0 Å². The van der Waals surface area contributed by atoms with E-state index in [4.69, 9.17) is 0 Å². The Morgan fingerprint density at radius 3 is 2.38 bits per heavy atom. The van der Waals surface area contributed by atoms with Gasteiger partial charge in [-0.25, -0.2) is 0 Å².